The van der Waals surface area contributed by atoms with E-state index in [9.17, 15) is 18.0 Å². The van der Waals surface area contributed by atoms with Crippen LogP contribution in [0.1, 0.15) is 33.1 Å². The molecule has 0 radical (unpaired) electrons. The van der Waals surface area contributed by atoms with Gasteiger partial charge in [0.2, 0.25) is 0 Å². The molecule has 2 aromatic heterocycles. The molecule has 1 N–H and O–H groups in total. The van der Waals surface area contributed by atoms with E-state index in [1.807, 2.05) is 4.90 Å². The number of pyridine rings is 1. The lowest BCUT2D eigenvalue weighted by Gasteiger charge is -2.17. The van der Waals surface area contributed by atoms with Crippen LogP contribution in [0.5, 0.6) is 0 Å². The second-order valence-electron chi connectivity index (χ2n) is 6.60. The third kappa shape index (κ3) is 4.13. The van der Waals surface area contributed by atoms with Crippen molar-refractivity contribution in [3.8, 4) is 0 Å². The van der Waals surface area contributed by atoms with E-state index in [-0.39, 0.29) is 11.4 Å². The standard InChI is InChI=1S/C20H14F3N5OS/c21-20(22,23)13-1-3-14(4-2-13)26-19(29)16-7-15(5-6-24-16)28-9-12-8-25-18(11-30)27-17(12)10-28/h1-8,11H,9-10H2,(H,26,29). The van der Waals surface area contributed by atoms with Crippen molar-refractivity contribution in [1.29, 1.82) is 0 Å². The van der Waals surface area contributed by atoms with E-state index in [1.165, 1.54) is 23.7 Å². The highest BCUT2D eigenvalue weighted by atomic mass is 32.1. The Kier molecular flexibility index (Phi) is 5.17. The minimum atomic E-state index is -4.43. The van der Waals surface area contributed by atoms with E-state index in [4.69, 9.17) is 12.2 Å². The highest BCUT2D eigenvalue weighted by molar-refractivity contribution is 7.79. The predicted molar refractivity (Wildman–Crippen MR) is 108 cm³/mol. The van der Waals surface area contributed by atoms with E-state index >= 15 is 0 Å². The molecule has 0 atom stereocenters. The van der Waals surface area contributed by atoms with Crippen LogP contribution in [-0.4, -0.2) is 26.2 Å². The van der Waals surface area contributed by atoms with Gasteiger partial charge in [0.05, 0.1) is 17.8 Å². The lowest BCUT2D eigenvalue weighted by Crippen LogP contribution is -2.18. The van der Waals surface area contributed by atoms with Crippen LogP contribution in [0.15, 0.2) is 48.8 Å². The van der Waals surface area contributed by atoms with Crippen LogP contribution >= 0.6 is 12.2 Å². The molecular formula is C20H14F3N5OS. The molecule has 10 heteroatoms. The lowest BCUT2D eigenvalue weighted by molar-refractivity contribution is -0.137. The maximum atomic E-state index is 12.7. The number of fused-ring (bicyclic) bond motifs is 1. The number of alkyl halides is 3. The number of carbonyl (C=O) groups is 1. The first-order valence-corrected chi connectivity index (χ1v) is 9.30. The van der Waals surface area contributed by atoms with Crippen molar-refractivity contribution < 1.29 is 18.0 Å². The van der Waals surface area contributed by atoms with Crippen molar-refractivity contribution in [2.24, 2.45) is 0 Å². The van der Waals surface area contributed by atoms with Gasteiger partial charge in [-0.25, -0.2) is 9.97 Å². The summed E-state index contributed by atoms with van der Waals surface area (Å²) in [7, 11) is 0. The SMILES string of the molecule is O=C(Nc1ccc(C(F)(F)F)cc1)c1cc(N2Cc3cnc(C=S)nc3C2)ccn1. The summed E-state index contributed by atoms with van der Waals surface area (Å²) in [6, 6.07) is 7.63. The number of carbonyl (C=O) groups excluding carboxylic acids is 1. The number of hydrogen-bond donors (Lipinski definition) is 1. The molecule has 1 aliphatic heterocycles. The van der Waals surface area contributed by atoms with Crippen molar-refractivity contribution in [2.75, 3.05) is 10.2 Å². The van der Waals surface area contributed by atoms with Crippen LogP contribution in [0, 0.1) is 0 Å². The fraction of sp³-hybridized carbons (Fsp3) is 0.150. The molecule has 0 saturated carbocycles. The summed E-state index contributed by atoms with van der Waals surface area (Å²) in [6.07, 6.45) is -1.19. The Bertz CT molecular complexity index is 1120. The first-order valence-electron chi connectivity index (χ1n) is 8.83. The Balaban J connectivity index is 1.48. The predicted octanol–water partition coefficient (Wildman–Crippen LogP) is 4.01. The molecular weight excluding hydrogens is 415 g/mol. The van der Waals surface area contributed by atoms with Crippen LogP contribution in [0.4, 0.5) is 24.5 Å². The van der Waals surface area contributed by atoms with E-state index in [0.717, 1.165) is 29.1 Å². The van der Waals surface area contributed by atoms with Gasteiger partial charge in [-0.1, -0.05) is 12.2 Å². The molecule has 0 spiro atoms. The summed E-state index contributed by atoms with van der Waals surface area (Å²) < 4.78 is 38.0. The van der Waals surface area contributed by atoms with E-state index in [0.29, 0.717) is 18.9 Å². The van der Waals surface area contributed by atoms with Crippen molar-refractivity contribution in [2.45, 2.75) is 19.3 Å². The quantitative estimate of drug-likeness (QED) is 0.632. The molecule has 0 unspecified atom stereocenters. The molecule has 1 aliphatic rings. The van der Waals surface area contributed by atoms with Crippen LogP contribution in [-0.2, 0) is 19.3 Å². The summed E-state index contributed by atoms with van der Waals surface area (Å²) in [4.78, 5) is 27.2. The largest absolute Gasteiger partial charge is 0.416 e. The number of rotatable bonds is 4. The number of hydrogen-bond acceptors (Lipinski definition) is 6. The Morgan fingerprint density at radius 2 is 1.90 bits per heavy atom. The molecule has 6 nitrogen and oxygen atoms in total. The number of thiocarbonyl (C=S) groups is 1. The zero-order valence-electron chi connectivity index (χ0n) is 15.3. The van der Waals surface area contributed by atoms with E-state index < -0.39 is 17.6 Å². The first kappa shape index (κ1) is 19.9. The topological polar surface area (TPSA) is 71.0 Å². The zero-order chi connectivity index (χ0) is 21.3. The van der Waals surface area contributed by atoms with Crippen molar-refractivity contribution >= 4 is 34.9 Å². The second kappa shape index (κ2) is 7.79. The summed E-state index contributed by atoms with van der Waals surface area (Å²) in [5.74, 6) is -0.0342. The van der Waals surface area contributed by atoms with Gasteiger partial charge in [0.25, 0.3) is 5.91 Å². The van der Waals surface area contributed by atoms with Gasteiger partial charge in [-0.15, -0.1) is 0 Å². The average Bonchev–Trinajstić information content (AvgIpc) is 3.17. The van der Waals surface area contributed by atoms with Gasteiger partial charge in [-0.05, 0) is 36.4 Å². The Morgan fingerprint density at radius 1 is 1.13 bits per heavy atom. The third-order valence-corrected chi connectivity index (χ3v) is 4.80. The van der Waals surface area contributed by atoms with Gasteiger partial charge in [-0.2, -0.15) is 13.2 Å². The van der Waals surface area contributed by atoms with Crippen molar-refractivity contribution in [3.05, 3.63) is 77.1 Å². The van der Waals surface area contributed by atoms with E-state index in [1.54, 1.807) is 18.3 Å². The highest BCUT2D eigenvalue weighted by Gasteiger charge is 2.30. The van der Waals surface area contributed by atoms with Crippen LogP contribution in [0.3, 0.4) is 0 Å². The number of nitrogens with zero attached hydrogens (tertiary/aromatic N) is 4. The average molecular weight is 429 g/mol. The molecule has 3 heterocycles. The molecule has 152 valence electrons. The molecule has 0 bridgehead atoms. The molecule has 30 heavy (non-hydrogen) atoms. The monoisotopic (exact) mass is 429 g/mol. The number of nitrogens with one attached hydrogen (secondary N) is 1. The second-order valence-corrected chi connectivity index (χ2v) is 6.84. The smallest absolute Gasteiger partial charge is 0.361 e. The molecule has 1 amide bonds. The third-order valence-electron chi connectivity index (χ3n) is 4.59. The van der Waals surface area contributed by atoms with Crippen LogP contribution < -0.4 is 10.2 Å². The Hall–Kier alpha value is -3.40. The fourth-order valence-corrected chi connectivity index (χ4v) is 3.20. The van der Waals surface area contributed by atoms with Crippen molar-refractivity contribution in [1.82, 2.24) is 15.0 Å². The van der Waals surface area contributed by atoms with Gasteiger partial charge in [-0.3, -0.25) is 9.78 Å². The minimum absolute atomic E-state index is 0.147. The number of amides is 1. The van der Waals surface area contributed by atoms with Gasteiger partial charge >= 0.3 is 6.18 Å². The fourth-order valence-electron chi connectivity index (χ4n) is 3.09. The minimum Gasteiger partial charge on any atom is -0.361 e. The molecule has 0 saturated heterocycles. The highest BCUT2D eigenvalue weighted by Crippen LogP contribution is 2.30. The summed E-state index contributed by atoms with van der Waals surface area (Å²) in [5.41, 5.74) is 2.22. The first-order chi connectivity index (χ1) is 14.3. The van der Waals surface area contributed by atoms with Gasteiger partial charge < -0.3 is 10.2 Å². The number of halogens is 3. The van der Waals surface area contributed by atoms with Gasteiger partial charge in [0.1, 0.15) is 5.69 Å². The number of anilines is 2. The van der Waals surface area contributed by atoms with Gasteiger partial charge in [0.15, 0.2) is 5.82 Å². The summed E-state index contributed by atoms with van der Waals surface area (Å²) in [6.45, 7) is 1.12. The Morgan fingerprint density at radius 3 is 2.60 bits per heavy atom. The molecule has 4 rings (SSSR count). The normalized spacial score (nSPS) is 13.1. The molecule has 0 fully saturated rings. The van der Waals surface area contributed by atoms with Crippen molar-refractivity contribution in [3.63, 3.8) is 0 Å². The zero-order valence-corrected chi connectivity index (χ0v) is 16.2. The van der Waals surface area contributed by atoms with Crippen LogP contribution in [0.25, 0.3) is 0 Å². The van der Waals surface area contributed by atoms with Gasteiger partial charge in [0, 0.05) is 41.2 Å². The number of benzene rings is 1. The summed E-state index contributed by atoms with van der Waals surface area (Å²) >= 11 is 4.87. The number of aromatic nitrogens is 3. The maximum Gasteiger partial charge on any atom is 0.416 e. The molecule has 0 aliphatic carbocycles. The Labute approximate surface area is 174 Å². The maximum absolute atomic E-state index is 12.7. The lowest BCUT2D eigenvalue weighted by atomic mass is 10.2. The molecule has 1 aromatic carbocycles. The van der Waals surface area contributed by atoms with E-state index in [2.05, 4.69) is 20.3 Å². The summed E-state index contributed by atoms with van der Waals surface area (Å²) in [5, 5.41) is 3.98. The molecule has 3 aromatic rings. The van der Waals surface area contributed by atoms with Crippen LogP contribution in [0.2, 0.25) is 0 Å².